The molecule has 0 aliphatic heterocycles. The van der Waals surface area contributed by atoms with Crippen molar-refractivity contribution >= 4 is 28.1 Å². The molecule has 0 spiro atoms. The number of nitrogens with one attached hydrogen (secondary N) is 2. The van der Waals surface area contributed by atoms with Crippen LogP contribution in [0.3, 0.4) is 0 Å². The molecule has 4 rings (SSSR count). The molecule has 0 saturated heterocycles. The Morgan fingerprint density at radius 1 is 1.21 bits per heavy atom. The van der Waals surface area contributed by atoms with E-state index < -0.39 is 0 Å². The molecule has 0 aliphatic carbocycles. The smallest absolute Gasteiger partial charge is 0.271 e. The molecule has 0 aliphatic rings. The number of aromatic amines is 1. The van der Waals surface area contributed by atoms with E-state index in [9.17, 15) is 4.79 Å². The minimum absolute atomic E-state index is 0.183. The molecule has 4 aromatic rings. The Balaban J connectivity index is 1.50. The van der Waals surface area contributed by atoms with Crippen molar-refractivity contribution in [2.24, 2.45) is 0 Å². The summed E-state index contributed by atoms with van der Waals surface area (Å²) in [7, 11) is 0. The highest BCUT2D eigenvalue weighted by Gasteiger charge is 2.13. The van der Waals surface area contributed by atoms with Crippen LogP contribution in [0.4, 0.5) is 0 Å². The first-order chi connectivity index (χ1) is 11.8. The van der Waals surface area contributed by atoms with Crippen LogP contribution < -0.4 is 5.32 Å². The second-order valence-corrected chi connectivity index (χ2v) is 6.21. The molecule has 118 valence electrons. The number of aromatic nitrogens is 3. The number of H-pyrrole nitrogens is 1. The number of hydrogen-bond acceptors (Lipinski definition) is 4. The van der Waals surface area contributed by atoms with Crippen molar-refractivity contribution in [1.29, 1.82) is 0 Å². The van der Waals surface area contributed by atoms with Gasteiger partial charge in [0.05, 0.1) is 5.69 Å². The van der Waals surface area contributed by atoms with E-state index in [1.54, 1.807) is 17.8 Å². The fourth-order valence-corrected chi connectivity index (χ4v) is 3.24. The Morgan fingerprint density at radius 3 is 2.96 bits per heavy atom. The molecule has 0 radical (unpaired) electrons. The molecule has 6 heteroatoms. The van der Waals surface area contributed by atoms with Gasteiger partial charge in [-0.3, -0.25) is 9.78 Å². The van der Waals surface area contributed by atoms with Crippen LogP contribution in [0.2, 0.25) is 0 Å². The number of hydrogen-bond donors (Lipinski definition) is 2. The number of carbonyl (C=O) groups is 1. The van der Waals surface area contributed by atoms with Gasteiger partial charge in [0.1, 0.15) is 10.7 Å². The Labute approximate surface area is 142 Å². The van der Waals surface area contributed by atoms with Crippen molar-refractivity contribution in [1.82, 2.24) is 20.3 Å². The highest BCUT2D eigenvalue weighted by atomic mass is 32.1. The topological polar surface area (TPSA) is 70.7 Å². The molecule has 0 atom stereocenters. The predicted octanol–water partition coefficient (Wildman–Crippen LogP) is 3.62. The van der Waals surface area contributed by atoms with Crippen molar-refractivity contribution in [3.8, 4) is 10.7 Å². The average Bonchev–Trinajstić information content (AvgIpc) is 3.27. The highest BCUT2D eigenvalue weighted by molar-refractivity contribution is 7.13. The minimum Gasteiger partial charge on any atom is -0.353 e. The first-order valence-electron chi connectivity index (χ1n) is 7.50. The molecule has 3 heterocycles. The molecule has 1 aromatic carbocycles. The van der Waals surface area contributed by atoms with E-state index in [4.69, 9.17) is 0 Å². The van der Waals surface area contributed by atoms with Gasteiger partial charge in [-0.25, -0.2) is 4.98 Å². The first kappa shape index (κ1) is 14.6. The quantitative estimate of drug-likeness (QED) is 0.599. The van der Waals surface area contributed by atoms with Crippen LogP contribution in [-0.4, -0.2) is 20.9 Å². The lowest BCUT2D eigenvalue weighted by molar-refractivity contribution is 0.0946. The number of benzene rings is 1. The van der Waals surface area contributed by atoms with Gasteiger partial charge >= 0.3 is 0 Å². The van der Waals surface area contributed by atoms with Gasteiger partial charge in [0, 0.05) is 35.2 Å². The second-order valence-electron chi connectivity index (χ2n) is 5.35. The van der Waals surface area contributed by atoms with Crippen LogP contribution in [0.15, 0.2) is 60.2 Å². The van der Waals surface area contributed by atoms with Crippen LogP contribution >= 0.6 is 11.3 Å². The lowest BCUT2D eigenvalue weighted by Gasteiger charge is -2.02. The van der Waals surface area contributed by atoms with Gasteiger partial charge in [0.15, 0.2) is 0 Å². The van der Waals surface area contributed by atoms with Gasteiger partial charge < -0.3 is 10.3 Å². The average molecular weight is 334 g/mol. The maximum Gasteiger partial charge on any atom is 0.271 e. The molecule has 1 amide bonds. The number of rotatable bonds is 4. The summed E-state index contributed by atoms with van der Waals surface area (Å²) in [5.41, 5.74) is 3.37. The molecule has 0 unspecified atom stereocenters. The van der Waals surface area contributed by atoms with Crippen LogP contribution in [0.5, 0.6) is 0 Å². The molecule has 5 nitrogen and oxygen atoms in total. The molecule has 0 fully saturated rings. The van der Waals surface area contributed by atoms with Crippen LogP contribution in [0.1, 0.15) is 16.1 Å². The van der Waals surface area contributed by atoms with E-state index in [1.807, 2.05) is 42.5 Å². The van der Waals surface area contributed by atoms with E-state index in [2.05, 4.69) is 20.3 Å². The first-order valence-corrected chi connectivity index (χ1v) is 8.38. The van der Waals surface area contributed by atoms with Gasteiger partial charge in [-0.1, -0.05) is 24.3 Å². The fourth-order valence-electron chi connectivity index (χ4n) is 2.47. The van der Waals surface area contributed by atoms with Crippen molar-refractivity contribution in [3.05, 3.63) is 71.5 Å². The monoisotopic (exact) mass is 334 g/mol. The lowest BCUT2D eigenvalue weighted by Crippen LogP contribution is -2.23. The van der Waals surface area contributed by atoms with Gasteiger partial charge in [-0.15, -0.1) is 11.3 Å². The summed E-state index contributed by atoms with van der Waals surface area (Å²) in [5, 5.41) is 6.57. The number of pyridine rings is 1. The molecule has 24 heavy (non-hydrogen) atoms. The SMILES string of the molecule is O=C(NCc1cccnc1)c1csc(-c2cc3ccccc3[nH]2)n1. The molecular formula is C18H14N4OS. The fraction of sp³-hybridized carbons (Fsp3) is 0.0556. The van der Waals surface area contributed by atoms with Crippen molar-refractivity contribution in [2.75, 3.05) is 0 Å². The number of para-hydroxylation sites is 1. The second kappa shape index (κ2) is 6.25. The zero-order valence-electron chi connectivity index (χ0n) is 12.7. The standard InChI is InChI=1S/C18H14N4OS/c23-17(20-10-12-4-3-7-19-9-12)16-11-24-18(22-16)15-8-13-5-1-2-6-14(13)21-15/h1-9,11,21H,10H2,(H,20,23). The number of fused-ring (bicyclic) bond motifs is 1. The largest absolute Gasteiger partial charge is 0.353 e. The highest BCUT2D eigenvalue weighted by Crippen LogP contribution is 2.26. The minimum atomic E-state index is -0.183. The summed E-state index contributed by atoms with van der Waals surface area (Å²) < 4.78 is 0. The van der Waals surface area contributed by atoms with E-state index in [-0.39, 0.29) is 5.91 Å². The van der Waals surface area contributed by atoms with E-state index in [0.717, 1.165) is 27.2 Å². The van der Waals surface area contributed by atoms with Gasteiger partial charge in [0.25, 0.3) is 5.91 Å². The van der Waals surface area contributed by atoms with Crippen LogP contribution in [-0.2, 0) is 6.54 Å². The number of nitrogens with zero attached hydrogens (tertiary/aromatic N) is 2. The predicted molar refractivity (Wildman–Crippen MR) is 94.8 cm³/mol. The van der Waals surface area contributed by atoms with Crippen LogP contribution in [0, 0.1) is 0 Å². The Kier molecular flexibility index (Phi) is 3.80. The summed E-state index contributed by atoms with van der Waals surface area (Å²) in [6, 6.07) is 13.9. The maximum atomic E-state index is 12.2. The molecular weight excluding hydrogens is 320 g/mol. The Morgan fingerprint density at radius 2 is 2.12 bits per heavy atom. The van der Waals surface area contributed by atoms with Crippen molar-refractivity contribution in [2.45, 2.75) is 6.54 Å². The summed E-state index contributed by atoms with van der Waals surface area (Å²) in [5.74, 6) is -0.183. The summed E-state index contributed by atoms with van der Waals surface area (Å²) in [4.78, 5) is 24.0. The number of thiazole rings is 1. The van der Waals surface area contributed by atoms with E-state index in [1.165, 1.54) is 11.3 Å². The normalized spacial score (nSPS) is 10.8. The lowest BCUT2D eigenvalue weighted by atomic mass is 10.2. The third-order valence-corrected chi connectivity index (χ3v) is 4.55. The molecule has 0 bridgehead atoms. The van der Waals surface area contributed by atoms with Gasteiger partial charge in [-0.05, 0) is 23.8 Å². The molecule has 3 aromatic heterocycles. The third-order valence-electron chi connectivity index (χ3n) is 3.67. The Hall–Kier alpha value is -2.99. The van der Waals surface area contributed by atoms with Gasteiger partial charge in [0.2, 0.25) is 0 Å². The number of carbonyl (C=O) groups excluding carboxylic acids is 1. The maximum absolute atomic E-state index is 12.2. The number of amides is 1. The van der Waals surface area contributed by atoms with Crippen molar-refractivity contribution in [3.63, 3.8) is 0 Å². The summed E-state index contributed by atoms with van der Waals surface area (Å²) in [6.07, 6.45) is 3.44. The summed E-state index contributed by atoms with van der Waals surface area (Å²) in [6.45, 7) is 0.436. The third kappa shape index (κ3) is 2.91. The molecule has 2 N–H and O–H groups in total. The summed E-state index contributed by atoms with van der Waals surface area (Å²) >= 11 is 1.45. The molecule has 0 saturated carbocycles. The van der Waals surface area contributed by atoms with Gasteiger partial charge in [-0.2, -0.15) is 0 Å². The van der Waals surface area contributed by atoms with Crippen molar-refractivity contribution < 1.29 is 4.79 Å². The Bertz CT molecular complexity index is 957. The van der Waals surface area contributed by atoms with E-state index in [0.29, 0.717) is 12.2 Å². The van der Waals surface area contributed by atoms with Crippen LogP contribution in [0.25, 0.3) is 21.6 Å². The zero-order chi connectivity index (χ0) is 16.4. The van der Waals surface area contributed by atoms with E-state index >= 15 is 0 Å². The zero-order valence-corrected chi connectivity index (χ0v) is 13.5.